The van der Waals surface area contributed by atoms with E-state index in [1.807, 2.05) is 13.0 Å². The van der Waals surface area contributed by atoms with E-state index in [1.54, 1.807) is 40.9 Å². The molecule has 1 aliphatic rings. The lowest BCUT2D eigenvalue weighted by molar-refractivity contribution is 0.0901. The molecule has 0 saturated carbocycles. The molecule has 9 nitrogen and oxygen atoms in total. The van der Waals surface area contributed by atoms with Crippen LogP contribution in [0.2, 0.25) is 4.34 Å². The van der Waals surface area contributed by atoms with Crippen molar-refractivity contribution in [3.63, 3.8) is 0 Å². The van der Waals surface area contributed by atoms with Gasteiger partial charge in [-0.25, -0.2) is 17.9 Å². The summed E-state index contributed by atoms with van der Waals surface area (Å²) >= 11 is 7.27. The Morgan fingerprint density at radius 3 is 2.64 bits per heavy atom. The van der Waals surface area contributed by atoms with Gasteiger partial charge in [0.2, 0.25) is 0 Å². The van der Waals surface area contributed by atoms with Crippen molar-refractivity contribution in [2.45, 2.75) is 30.2 Å². The molecule has 4 aromatic rings. The van der Waals surface area contributed by atoms with E-state index in [1.165, 1.54) is 23.9 Å². The van der Waals surface area contributed by atoms with Gasteiger partial charge in [-0.3, -0.25) is 4.79 Å². The van der Waals surface area contributed by atoms with Gasteiger partial charge >= 0.3 is 0 Å². The van der Waals surface area contributed by atoms with Gasteiger partial charge in [-0.2, -0.15) is 5.10 Å². The van der Waals surface area contributed by atoms with E-state index < -0.39 is 15.4 Å². The number of carbonyl (C=O) groups excluding carboxylic acids is 1. The number of thiophene rings is 1. The van der Waals surface area contributed by atoms with E-state index in [0.717, 1.165) is 36.3 Å². The Hall–Kier alpha value is -3.15. The third-order valence-electron chi connectivity index (χ3n) is 6.39. The highest BCUT2D eigenvalue weighted by molar-refractivity contribution is 7.90. The number of nitrogen functional groups attached to an aromatic ring is 1. The van der Waals surface area contributed by atoms with Gasteiger partial charge in [0.25, 0.3) is 5.91 Å². The van der Waals surface area contributed by atoms with Crippen LogP contribution in [-0.2, 0) is 9.84 Å². The molecule has 1 aromatic carbocycles. The van der Waals surface area contributed by atoms with Gasteiger partial charge in [0.15, 0.2) is 15.7 Å². The topological polar surface area (TPSA) is 123 Å². The fourth-order valence-electron chi connectivity index (χ4n) is 4.69. The number of piperidine rings is 1. The first-order chi connectivity index (χ1) is 17.0. The Morgan fingerprint density at radius 2 is 1.97 bits per heavy atom. The molecule has 0 aliphatic carbocycles. The number of nitrogens with two attached hydrogens (primary N) is 1. The lowest BCUT2D eigenvalue weighted by Gasteiger charge is -2.41. The molecule has 3 aromatic heterocycles. The minimum Gasteiger partial charge on any atom is -0.382 e. The standard InChI is InChI=1S/C24H25ClN6O3S2/c1-24(29-23(32)19-8-9-20(25)35-19)10-3-11-30(13-24)18-12-17(31-21(18)22(26)27-14-28-31)15-4-6-16(7-5-15)36(2,33)34/h4-9,12,14H,3,10-11,13H2,1-2H3,(H,29,32)(H2,26,27,28). The third-order valence-corrected chi connectivity index (χ3v) is 8.75. The van der Waals surface area contributed by atoms with Gasteiger partial charge in [-0.1, -0.05) is 23.7 Å². The number of nitrogens with one attached hydrogen (secondary N) is 1. The van der Waals surface area contributed by atoms with Crippen LogP contribution >= 0.6 is 22.9 Å². The molecule has 1 aliphatic heterocycles. The van der Waals surface area contributed by atoms with Crippen molar-refractivity contribution in [1.29, 1.82) is 0 Å². The zero-order valence-electron chi connectivity index (χ0n) is 19.7. The Kier molecular flexibility index (Phi) is 6.17. The van der Waals surface area contributed by atoms with Crippen molar-refractivity contribution in [2.24, 2.45) is 0 Å². The molecule has 1 unspecified atom stereocenters. The smallest absolute Gasteiger partial charge is 0.261 e. The van der Waals surface area contributed by atoms with Crippen LogP contribution < -0.4 is 16.0 Å². The second-order valence-electron chi connectivity index (χ2n) is 9.26. The first-order valence-electron chi connectivity index (χ1n) is 11.3. The van der Waals surface area contributed by atoms with Crippen molar-refractivity contribution < 1.29 is 13.2 Å². The molecule has 3 N–H and O–H groups in total. The summed E-state index contributed by atoms with van der Waals surface area (Å²) in [5.74, 6) is 0.191. The molecule has 1 saturated heterocycles. The van der Waals surface area contributed by atoms with Gasteiger partial charge < -0.3 is 16.0 Å². The third kappa shape index (κ3) is 4.65. The zero-order chi connectivity index (χ0) is 25.7. The summed E-state index contributed by atoms with van der Waals surface area (Å²) in [5, 5.41) is 7.62. The number of rotatable bonds is 5. The van der Waals surface area contributed by atoms with E-state index in [4.69, 9.17) is 17.3 Å². The van der Waals surface area contributed by atoms with Crippen molar-refractivity contribution in [1.82, 2.24) is 19.9 Å². The van der Waals surface area contributed by atoms with Crippen LogP contribution in [0, 0.1) is 0 Å². The zero-order valence-corrected chi connectivity index (χ0v) is 22.1. The number of hydrogen-bond donors (Lipinski definition) is 2. The van der Waals surface area contributed by atoms with E-state index in [9.17, 15) is 13.2 Å². The Bertz CT molecular complexity index is 1560. The molecule has 36 heavy (non-hydrogen) atoms. The van der Waals surface area contributed by atoms with Crippen LogP contribution in [0.3, 0.4) is 0 Å². The van der Waals surface area contributed by atoms with Crippen molar-refractivity contribution >= 4 is 55.7 Å². The monoisotopic (exact) mass is 544 g/mol. The first kappa shape index (κ1) is 24.5. The maximum absolute atomic E-state index is 12.9. The number of carbonyl (C=O) groups is 1. The molecule has 5 rings (SSSR count). The molecular weight excluding hydrogens is 520 g/mol. The minimum atomic E-state index is -3.31. The maximum Gasteiger partial charge on any atom is 0.261 e. The lowest BCUT2D eigenvalue weighted by atomic mass is 9.90. The number of benzene rings is 1. The molecule has 0 spiro atoms. The predicted octanol–water partition coefficient (Wildman–Crippen LogP) is 3.89. The van der Waals surface area contributed by atoms with Crippen molar-refractivity contribution in [2.75, 3.05) is 30.0 Å². The number of aromatic nitrogens is 3. The highest BCUT2D eigenvalue weighted by Crippen LogP contribution is 2.37. The average molecular weight is 545 g/mol. The number of amides is 1. The fourth-order valence-corrected chi connectivity index (χ4v) is 6.26. The number of fused-ring (bicyclic) bond motifs is 1. The molecule has 0 bridgehead atoms. The summed E-state index contributed by atoms with van der Waals surface area (Å²) in [7, 11) is -3.31. The van der Waals surface area contributed by atoms with Crippen LogP contribution in [0.4, 0.5) is 11.5 Å². The van der Waals surface area contributed by atoms with Crippen LogP contribution in [0.25, 0.3) is 16.8 Å². The molecule has 188 valence electrons. The highest BCUT2D eigenvalue weighted by Gasteiger charge is 2.34. The Balaban J connectivity index is 1.50. The molecular formula is C24H25ClN6O3S2. The summed E-state index contributed by atoms with van der Waals surface area (Å²) in [6.45, 7) is 3.38. The van der Waals surface area contributed by atoms with Crippen LogP contribution in [0.1, 0.15) is 29.4 Å². The average Bonchev–Trinajstić information content (AvgIpc) is 3.43. The molecule has 4 heterocycles. The van der Waals surface area contributed by atoms with Crippen molar-refractivity contribution in [3.8, 4) is 11.3 Å². The maximum atomic E-state index is 12.9. The number of sulfone groups is 1. The largest absolute Gasteiger partial charge is 0.382 e. The summed E-state index contributed by atoms with van der Waals surface area (Å²) in [4.78, 5) is 20.1. The minimum absolute atomic E-state index is 0.146. The van der Waals surface area contributed by atoms with E-state index in [2.05, 4.69) is 20.3 Å². The molecule has 1 amide bonds. The number of anilines is 2. The molecule has 12 heteroatoms. The molecule has 1 atom stereocenters. The second-order valence-corrected chi connectivity index (χ2v) is 13.0. The molecule has 0 radical (unpaired) electrons. The van der Waals surface area contributed by atoms with Crippen LogP contribution in [-0.4, -0.2) is 53.8 Å². The SMILES string of the molecule is CC1(NC(=O)c2ccc(Cl)s2)CCCN(c2cc(-c3ccc(S(C)(=O)=O)cc3)n3ncnc(N)c23)C1. The number of nitrogens with zero attached hydrogens (tertiary/aromatic N) is 4. The second kappa shape index (κ2) is 9.06. The van der Waals surface area contributed by atoms with Crippen LogP contribution in [0.5, 0.6) is 0 Å². The van der Waals surface area contributed by atoms with Gasteiger partial charge in [-0.15, -0.1) is 11.3 Å². The number of hydrogen-bond acceptors (Lipinski definition) is 8. The van der Waals surface area contributed by atoms with Crippen LogP contribution in [0.15, 0.2) is 53.7 Å². The molecule has 1 fully saturated rings. The summed E-state index contributed by atoms with van der Waals surface area (Å²) < 4.78 is 26.1. The highest BCUT2D eigenvalue weighted by atomic mass is 35.5. The van der Waals surface area contributed by atoms with Gasteiger partial charge in [0, 0.05) is 24.9 Å². The summed E-state index contributed by atoms with van der Waals surface area (Å²) in [6, 6.07) is 12.1. The van der Waals surface area contributed by atoms with Gasteiger partial charge in [0.05, 0.1) is 31.0 Å². The quantitative estimate of drug-likeness (QED) is 0.391. The number of halogens is 1. The van der Waals surface area contributed by atoms with E-state index >= 15 is 0 Å². The Morgan fingerprint density at radius 1 is 1.22 bits per heavy atom. The fraction of sp³-hybridized carbons (Fsp3) is 0.292. The first-order valence-corrected chi connectivity index (χ1v) is 14.4. The Labute approximate surface area is 217 Å². The van der Waals surface area contributed by atoms with Crippen molar-refractivity contribution in [3.05, 3.63) is 58.0 Å². The lowest BCUT2D eigenvalue weighted by Crippen LogP contribution is -2.56. The summed E-state index contributed by atoms with van der Waals surface area (Å²) in [5.41, 5.74) is 8.92. The van der Waals surface area contributed by atoms with E-state index in [-0.39, 0.29) is 10.8 Å². The predicted molar refractivity (Wildman–Crippen MR) is 143 cm³/mol. The van der Waals surface area contributed by atoms with Gasteiger partial charge in [0.1, 0.15) is 11.8 Å². The van der Waals surface area contributed by atoms with Gasteiger partial charge in [-0.05, 0) is 50.1 Å². The summed E-state index contributed by atoms with van der Waals surface area (Å²) in [6.07, 6.45) is 4.27. The normalized spacial score (nSPS) is 18.5. The van der Waals surface area contributed by atoms with E-state index in [0.29, 0.717) is 27.1 Å².